The van der Waals surface area contributed by atoms with E-state index < -0.39 is 0 Å². The third-order valence-electron chi connectivity index (χ3n) is 9.73. The number of aryl methyl sites for hydroxylation is 1. The standard InChI is InChI=1S/C30H35N9O/c1-4-25(40)39-17-30(18-39)9-12-38(16-30)28-21(13-31)27(26-19(2)5-6-23-22(26)14-32-35-23)33-29(34-28)37-11-8-24-20(15-37)7-10-36(24)3/h4-6,14,20,24H,1,7-12,15-18H2,2-3H3,(H,32,35). The summed E-state index contributed by atoms with van der Waals surface area (Å²) >= 11 is 0. The van der Waals surface area contributed by atoms with Crippen molar-refractivity contribution in [3.63, 3.8) is 0 Å². The fourth-order valence-electron chi connectivity index (χ4n) is 7.56. The molecular formula is C30H35N9O. The van der Waals surface area contributed by atoms with E-state index in [-0.39, 0.29) is 11.3 Å². The predicted molar refractivity (Wildman–Crippen MR) is 154 cm³/mol. The largest absolute Gasteiger partial charge is 0.355 e. The Balaban J connectivity index is 1.31. The molecule has 7 rings (SSSR count). The van der Waals surface area contributed by atoms with Gasteiger partial charge in [-0.05, 0) is 63.4 Å². The first-order valence-electron chi connectivity index (χ1n) is 14.3. The van der Waals surface area contributed by atoms with Gasteiger partial charge < -0.3 is 19.6 Å². The molecule has 206 valence electrons. The lowest BCUT2D eigenvalue weighted by atomic mass is 9.79. The topological polar surface area (TPSA) is 108 Å². The first kappa shape index (κ1) is 25.0. The molecule has 0 bridgehead atoms. The van der Waals surface area contributed by atoms with Crippen LogP contribution in [-0.2, 0) is 4.79 Å². The van der Waals surface area contributed by atoms with Crippen LogP contribution < -0.4 is 9.80 Å². The van der Waals surface area contributed by atoms with Gasteiger partial charge in [0.1, 0.15) is 11.6 Å². The Morgan fingerprint density at radius 2 is 2.02 bits per heavy atom. The lowest BCUT2D eigenvalue weighted by Gasteiger charge is -2.47. The zero-order valence-corrected chi connectivity index (χ0v) is 23.2. The Labute approximate surface area is 234 Å². The summed E-state index contributed by atoms with van der Waals surface area (Å²) in [5.74, 6) is 1.99. The molecule has 0 aliphatic carbocycles. The number of benzene rings is 1. The minimum Gasteiger partial charge on any atom is -0.355 e. The zero-order valence-electron chi connectivity index (χ0n) is 23.2. The van der Waals surface area contributed by atoms with E-state index in [0.29, 0.717) is 35.0 Å². The highest BCUT2D eigenvalue weighted by atomic mass is 16.2. The Hall–Kier alpha value is -3.97. The molecule has 4 aliphatic rings. The number of carbonyl (C=O) groups excluding carboxylic acids is 1. The second-order valence-electron chi connectivity index (χ2n) is 12.2. The molecular weight excluding hydrogens is 502 g/mol. The molecule has 0 radical (unpaired) electrons. The molecule has 1 amide bonds. The van der Waals surface area contributed by atoms with E-state index in [1.54, 1.807) is 0 Å². The molecule has 6 heterocycles. The van der Waals surface area contributed by atoms with E-state index in [2.05, 4.69) is 57.6 Å². The minimum absolute atomic E-state index is 0.0157. The monoisotopic (exact) mass is 537 g/mol. The number of nitrogens with one attached hydrogen (secondary N) is 1. The van der Waals surface area contributed by atoms with Gasteiger partial charge in [0.05, 0.1) is 17.4 Å². The number of amides is 1. The molecule has 1 spiro atoms. The van der Waals surface area contributed by atoms with Gasteiger partial charge in [-0.25, -0.2) is 4.98 Å². The average molecular weight is 538 g/mol. The molecule has 1 N–H and O–H groups in total. The van der Waals surface area contributed by atoms with Crippen molar-refractivity contribution in [1.82, 2.24) is 30.0 Å². The van der Waals surface area contributed by atoms with Crippen molar-refractivity contribution in [2.24, 2.45) is 11.3 Å². The summed E-state index contributed by atoms with van der Waals surface area (Å²) < 4.78 is 0. The van der Waals surface area contributed by atoms with Crippen LogP contribution >= 0.6 is 0 Å². The maximum absolute atomic E-state index is 12.1. The number of hydrogen-bond acceptors (Lipinski definition) is 8. The van der Waals surface area contributed by atoms with Gasteiger partial charge in [0.2, 0.25) is 11.9 Å². The molecule has 3 aromatic rings. The van der Waals surface area contributed by atoms with Crippen LogP contribution in [0.1, 0.15) is 30.4 Å². The van der Waals surface area contributed by atoms with Crippen LogP contribution in [0.25, 0.3) is 22.2 Å². The molecule has 2 unspecified atom stereocenters. The molecule has 1 aromatic carbocycles. The summed E-state index contributed by atoms with van der Waals surface area (Å²) in [5, 5.41) is 18.9. The average Bonchev–Trinajstić information content (AvgIpc) is 3.70. The molecule has 4 saturated heterocycles. The quantitative estimate of drug-likeness (QED) is 0.506. The number of hydrogen-bond donors (Lipinski definition) is 1. The Morgan fingerprint density at radius 1 is 1.18 bits per heavy atom. The van der Waals surface area contributed by atoms with Crippen molar-refractivity contribution in [3.8, 4) is 17.3 Å². The van der Waals surface area contributed by atoms with Gasteiger partial charge >= 0.3 is 0 Å². The van der Waals surface area contributed by atoms with Crippen LogP contribution in [0, 0.1) is 29.6 Å². The third kappa shape index (κ3) is 3.86. The van der Waals surface area contributed by atoms with E-state index in [9.17, 15) is 10.1 Å². The van der Waals surface area contributed by atoms with Crippen molar-refractivity contribution >= 4 is 28.6 Å². The first-order valence-corrected chi connectivity index (χ1v) is 14.3. The molecule has 10 heteroatoms. The minimum atomic E-state index is -0.0157. The van der Waals surface area contributed by atoms with E-state index in [0.717, 1.165) is 80.7 Å². The number of piperidine rings is 1. The lowest BCUT2D eigenvalue weighted by Crippen LogP contribution is -2.59. The van der Waals surface area contributed by atoms with Crippen molar-refractivity contribution in [3.05, 3.63) is 42.1 Å². The summed E-state index contributed by atoms with van der Waals surface area (Å²) in [6, 6.07) is 7.20. The molecule has 10 nitrogen and oxygen atoms in total. The van der Waals surface area contributed by atoms with Crippen LogP contribution in [0.4, 0.5) is 11.8 Å². The summed E-state index contributed by atoms with van der Waals surface area (Å²) in [6.45, 7) is 11.7. The predicted octanol–water partition coefficient (Wildman–Crippen LogP) is 2.96. The number of carbonyl (C=O) groups is 1. The van der Waals surface area contributed by atoms with Gasteiger partial charge in [0.25, 0.3) is 0 Å². The SMILES string of the molecule is C=CC(=O)N1CC2(CCN(c3nc(N4CCC5C(CCN5C)C4)nc(-c4c(C)ccc5[nH]ncc45)c3C#N)C2)C1. The number of aromatic amines is 1. The van der Waals surface area contributed by atoms with E-state index in [4.69, 9.17) is 9.97 Å². The van der Waals surface area contributed by atoms with Gasteiger partial charge in [-0.2, -0.15) is 15.3 Å². The van der Waals surface area contributed by atoms with Crippen LogP contribution in [0.5, 0.6) is 0 Å². The van der Waals surface area contributed by atoms with Crippen LogP contribution in [-0.4, -0.2) is 94.8 Å². The number of rotatable bonds is 4. The fraction of sp³-hybridized carbons (Fsp3) is 0.500. The summed E-state index contributed by atoms with van der Waals surface area (Å²) in [5.41, 5.74) is 4.12. The van der Waals surface area contributed by atoms with Gasteiger partial charge in [-0.15, -0.1) is 0 Å². The number of fused-ring (bicyclic) bond motifs is 2. The number of likely N-dealkylation sites (tertiary alicyclic amines) is 2. The molecule has 2 aromatic heterocycles. The van der Waals surface area contributed by atoms with Crippen molar-refractivity contribution in [2.75, 3.05) is 62.7 Å². The van der Waals surface area contributed by atoms with Gasteiger partial charge in [-0.3, -0.25) is 9.89 Å². The number of H-pyrrole nitrogens is 1. The smallest absolute Gasteiger partial charge is 0.245 e. The van der Waals surface area contributed by atoms with Gasteiger partial charge in [0, 0.05) is 61.7 Å². The van der Waals surface area contributed by atoms with Crippen LogP contribution in [0.3, 0.4) is 0 Å². The Kier molecular flexibility index (Phi) is 5.82. The molecule has 4 aliphatic heterocycles. The van der Waals surface area contributed by atoms with Gasteiger partial charge in [0.15, 0.2) is 5.82 Å². The third-order valence-corrected chi connectivity index (χ3v) is 9.73. The van der Waals surface area contributed by atoms with E-state index in [1.807, 2.05) is 17.2 Å². The van der Waals surface area contributed by atoms with Crippen LogP contribution in [0.15, 0.2) is 31.0 Å². The summed E-state index contributed by atoms with van der Waals surface area (Å²) in [7, 11) is 2.23. The van der Waals surface area contributed by atoms with Crippen molar-refractivity contribution in [1.29, 1.82) is 5.26 Å². The Morgan fingerprint density at radius 3 is 2.83 bits per heavy atom. The summed E-state index contributed by atoms with van der Waals surface area (Å²) in [4.78, 5) is 31.4. The highest BCUT2D eigenvalue weighted by Gasteiger charge is 2.49. The van der Waals surface area contributed by atoms with E-state index >= 15 is 0 Å². The lowest BCUT2D eigenvalue weighted by molar-refractivity contribution is -0.136. The molecule has 40 heavy (non-hydrogen) atoms. The molecule has 2 atom stereocenters. The summed E-state index contributed by atoms with van der Waals surface area (Å²) in [6.07, 6.45) is 6.45. The second-order valence-corrected chi connectivity index (χ2v) is 12.2. The maximum atomic E-state index is 12.1. The number of nitrogens with zero attached hydrogens (tertiary/aromatic N) is 8. The molecule has 4 fully saturated rings. The molecule has 0 saturated carbocycles. The van der Waals surface area contributed by atoms with Crippen molar-refractivity contribution < 1.29 is 4.79 Å². The van der Waals surface area contributed by atoms with E-state index in [1.165, 1.54) is 12.5 Å². The maximum Gasteiger partial charge on any atom is 0.245 e. The number of aromatic nitrogens is 4. The Bertz CT molecular complexity index is 1550. The number of nitriles is 1. The fourth-order valence-corrected chi connectivity index (χ4v) is 7.56. The highest BCUT2D eigenvalue weighted by Crippen LogP contribution is 2.44. The van der Waals surface area contributed by atoms with Crippen molar-refractivity contribution in [2.45, 2.75) is 32.2 Å². The van der Waals surface area contributed by atoms with Gasteiger partial charge in [-0.1, -0.05) is 12.6 Å². The second kappa shape index (κ2) is 9.30. The first-order chi connectivity index (χ1) is 19.4. The zero-order chi connectivity index (χ0) is 27.6. The highest BCUT2D eigenvalue weighted by molar-refractivity contribution is 5.97. The van der Waals surface area contributed by atoms with Crippen LogP contribution in [0.2, 0.25) is 0 Å². The normalized spacial score (nSPS) is 23.9. The number of anilines is 2.